The molecule has 8 heteroatoms. The van der Waals surface area contributed by atoms with Gasteiger partial charge in [-0.2, -0.15) is 5.10 Å². The number of rotatable bonds is 3. The predicted octanol–water partition coefficient (Wildman–Crippen LogP) is 0.713. The molecule has 0 saturated carbocycles. The zero-order valence-electron chi connectivity index (χ0n) is 12.4. The molecule has 7 nitrogen and oxygen atoms in total. The third kappa shape index (κ3) is 2.70. The zero-order valence-corrected chi connectivity index (χ0v) is 12.4. The van der Waals surface area contributed by atoms with Crippen LogP contribution in [0.25, 0.3) is 0 Å². The molecule has 3 heterocycles. The molecule has 120 valence electrons. The summed E-state index contributed by atoms with van der Waals surface area (Å²) in [6, 6.07) is 1.26. The van der Waals surface area contributed by atoms with Crippen LogP contribution in [0.5, 0.6) is 0 Å². The minimum Gasteiger partial charge on any atom is -0.377 e. The maximum atomic E-state index is 12.9. The van der Waals surface area contributed by atoms with E-state index in [4.69, 9.17) is 4.74 Å². The van der Waals surface area contributed by atoms with Crippen molar-refractivity contribution in [2.45, 2.75) is 31.3 Å². The molecule has 0 aromatic carbocycles. The van der Waals surface area contributed by atoms with Gasteiger partial charge in [0.05, 0.1) is 37.3 Å². The van der Waals surface area contributed by atoms with Crippen LogP contribution in [0.15, 0.2) is 23.3 Å². The summed E-state index contributed by atoms with van der Waals surface area (Å²) in [5, 5.41) is 7.62. The monoisotopic (exact) mass is 317 g/mol. The second-order valence-electron chi connectivity index (χ2n) is 5.83. The van der Waals surface area contributed by atoms with Gasteiger partial charge in [-0.25, -0.2) is 19.0 Å². The van der Waals surface area contributed by atoms with Gasteiger partial charge in [0.2, 0.25) is 5.95 Å². The van der Waals surface area contributed by atoms with Crippen molar-refractivity contribution in [1.82, 2.24) is 19.7 Å². The number of nitrogens with zero attached hydrogens (tertiary/aromatic N) is 4. The molecule has 2 aliphatic rings. The first-order valence-electron chi connectivity index (χ1n) is 7.64. The molecule has 4 rings (SSSR count). The number of aryl methyl sites for hydroxylation is 2. The molecule has 1 fully saturated rings. The van der Waals surface area contributed by atoms with Crippen molar-refractivity contribution in [2.24, 2.45) is 0 Å². The predicted molar refractivity (Wildman–Crippen MR) is 79.8 cm³/mol. The Bertz CT molecular complexity index is 776. The fourth-order valence-electron chi connectivity index (χ4n) is 3.13. The molecule has 2 aromatic rings. The average Bonchev–Trinajstić information content (AvgIpc) is 3.17. The maximum absolute atomic E-state index is 12.9. The van der Waals surface area contributed by atoms with Crippen LogP contribution in [-0.4, -0.2) is 39.0 Å². The summed E-state index contributed by atoms with van der Waals surface area (Å²) in [6.45, 7) is 0.807. The van der Waals surface area contributed by atoms with Crippen molar-refractivity contribution in [3.05, 3.63) is 45.9 Å². The standard InChI is InChI=1S/C15H16FN5O2/c16-10-5-17-15(18-6-10)19-12-7-23-8-13(12)21-14(22)4-9-2-1-3-11(9)20-21/h4-6,12-13H,1-3,7-8H2,(H,17,18,19). The smallest absolute Gasteiger partial charge is 0.267 e. The topological polar surface area (TPSA) is 81.9 Å². The zero-order chi connectivity index (χ0) is 15.8. The Morgan fingerprint density at radius 3 is 2.91 bits per heavy atom. The van der Waals surface area contributed by atoms with Gasteiger partial charge in [0.25, 0.3) is 5.56 Å². The van der Waals surface area contributed by atoms with Gasteiger partial charge >= 0.3 is 0 Å². The molecule has 0 radical (unpaired) electrons. The normalized spacial score (nSPS) is 23.0. The van der Waals surface area contributed by atoms with Gasteiger partial charge in [-0.1, -0.05) is 0 Å². The molecule has 0 bridgehead atoms. The SMILES string of the molecule is O=c1cc2c(nn1C1COCC1Nc1ncc(F)cn1)CCC2. The first kappa shape index (κ1) is 14.3. The maximum Gasteiger partial charge on any atom is 0.267 e. The molecule has 0 amide bonds. The number of aromatic nitrogens is 4. The molecular weight excluding hydrogens is 301 g/mol. The average molecular weight is 317 g/mol. The molecule has 1 N–H and O–H groups in total. The van der Waals surface area contributed by atoms with E-state index in [1.165, 1.54) is 4.68 Å². The molecule has 2 unspecified atom stereocenters. The number of hydrogen-bond donors (Lipinski definition) is 1. The van der Waals surface area contributed by atoms with E-state index in [2.05, 4.69) is 20.4 Å². The Balaban J connectivity index is 1.60. The summed E-state index contributed by atoms with van der Waals surface area (Å²) in [4.78, 5) is 20.1. The van der Waals surface area contributed by atoms with Crippen molar-refractivity contribution in [2.75, 3.05) is 18.5 Å². The van der Waals surface area contributed by atoms with Crippen LogP contribution in [0.1, 0.15) is 23.7 Å². The van der Waals surface area contributed by atoms with Gasteiger partial charge in [0, 0.05) is 6.07 Å². The summed E-state index contributed by atoms with van der Waals surface area (Å²) in [7, 11) is 0. The number of fused-ring (bicyclic) bond motifs is 1. The van der Waals surface area contributed by atoms with Gasteiger partial charge < -0.3 is 10.1 Å². The van der Waals surface area contributed by atoms with Gasteiger partial charge in [-0.05, 0) is 24.8 Å². The van der Waals surface area contributed by atoms with Crippen molar-refractivity contribution in [3.63, 3.8) is 0 Å². The molecule has 23 heavy (non-hydrogen) atoms. The van der Waals surface area contributed by atoms with E-state index >= 15 is 0 Å². The lowest BCUT2D eigenvalue weighted by atomic mass is 10.1. The van der Waals surface area contributed by atoms with Crippen LogP contribution in [0.4, 0.5) is 10.3 Å². The Morgan fingerprint density at radius 1 is 1.26 bits per heavy atom. The van der Waals surface area contributed by atoms with E-state index in [1.54, 1.807) is 6.07 Å². The second-order valence-corrected chi connectivity index (χ2v) is 5.83. The van der Waals surface area contributed by atoms with Crippen LogP contribution < -0.4 is 10.9 Å². The minimum absolute atomic E-state index is 0.118. The first-order chi connectivity index (χ1) is 11.2. The highest BCUT2D eigenvalue weighted by Crippen LogP contribution is 2.23. The van der Waals surface area contributed by atoms with Gasteiger partial charge in [0.15, 0.2) is 5.82 Å². The molecule has 1 aliphatic heterocycles. The van der Waals surface area contributed by atoms with E-state index in [9.17, 15) is 9.18 Å². The number of nitrogens with one attached hydrogen (secondary N) is 1. The lowest BCUT2D eigenvalue weighted by molar-refractivity contribution is 0.182. The number of ether oxygens (including phenoxy) is 1. The Labute approximate surface area is 131 Å². The Hall–Kier alpha value is -2.35. The highest BCUT2D eigenvalue weighted by Gasteiger charge is 2.32. The van der Waals surface area contributed by atoms with Gasteiger partial charge in [-0.15, -0.1) is 0 Å². The van der Waals surface area contributed by atoms with E-state index in [-0.39, 0.29) is 17.6 Å². The van der Waals surface area contributed by atoms with Crippen LogP contribution in [-0.2, 0) is 17.6 Å². The fraction of sp³-hybridized carbons (Fsp3) is 0.467. The van der Waals surface area contributed by atoms with E-state index in [0.29, 0.717) is 19.2 Å². The summed E-state index contributed by atoms with van der Waals surface area (Å²) in [5.41, 5.74) is 1.93. The highest BCUT2D eigenvalue weighted by molar-refractivity contribution is 5.27. The van der Waals surface area contributed by atoms with Crippen molar-refractivity contribution in [1.29, 1.82) is 0 Å². The quantitative estimate of drug-likeness (QED) is 0.898. The minimum atomic E-state index is -0.494. The first-order valence-corrected chi connectivity index (χ1v) is 7.64. The summed E-state index contributed by atoms with van der Waals surface area (Å²) < 4.78 is 19.9. The van der Waals surface area contributed by atoms with Crippen LogP contribution in [0, 0.1) is 5.82 Å². The van der Waals surface area contributed by atoms with Crippen LogP contribution in [0.3, 0.4) is 0 Å². The third-order valence-corrected chi connectivity index (χ3v) is 4.28. The highest BCUT2D eigenvalue weighted by atomic mass is 19.1. The Morgan fingerprint density at radius 2 is 2.09 bits per heavy atom. The number of halogens is 1. The molecule has 1 saturated heterocycles. The molecular formula is C15H16FN5O2. The van der Waals surface area contributed by atoms with Crippen molar-refractivity contribution >= 4 is 5.95 Å². The molecule has 2 aromatic heterocycles. The van der Waals surface area contributed by atoms with Crippen molar-refractivity contribution in [3.8, 4) is 0 Å². The molecule has 1 aliphatic carbocycles. The Kier molecular flexibility index (Phi) is 3.53. The second kappa shape index (κ2) is 5.69. The third-order valence-electron chi connectivity index (χ3n) is 4.28. The molecule has 2 atom stereocenters. The van der Waals surface area contributed by atoms with Crippen molar-refractivity contribution < 1.29 is 9.13 Å². The largest absolute Gasteiger partial charge is 0.377 e. The van der Waals surface area contributed by atoms with Crippen LogP contribution in [0.2, 0.25) is 0 Å². The lowest BCUT2D eigenvalue weighted by Gasteiger charge is -2.20. The number of anilines is 1. The number of hydrogen-bond acceptors (Lipinski definition) is 6. The summed E-state index contributed by atoms with van der Waals surface area (Å²) >= 11 is 0. The van der Waals surface area contributed by atoms with Crippen LogP contribution >= 0.6 is 0 Å². The lowest BCUT2D eigenvalue weighted by Crippen LogP contribution is -2.38. The van der Waals surface area contributed by atoms with E-state index in [1.807, 2.05) is 0 Å². The van der Waals surface area contributed by atoms with E-state index < -0.39 is 5.82 Å². The molecule has 0 spiro atoms. The summed E-state index contributed by atoms with van der Waals surface area (Å²) in [6.07, 6.45) is 5.06. The fourth-order valence-corrected chi connectivity index (χ4v) is 3.13. The van der Waals surface area contributed by atoms with Gasteiger partial charge in [-0.3, -0.25) is 4.79 Å². The van der Waals surface area contributed by atoms with E-state index in [0.717, 1.165) is 42.9 Å². The summed E-state index contributed by atoms with van der Waals surface area (Å²) in [5.74, 6) is -0.188. The van der Waals surface area contributed by atoms with Gasteiger partial charge in [0.1, 0.15) is 6.04 Å².